The summed E-state index contributed by atoms with van der Waals surface area (Å²) < 4.78 is 5.61. The van der Waals surface area contributed by atoms with E-state index < -0.39 is 28.6 Å². The minimum absolute atomic E-state index is 0.106. The maximum absolute atomic E-state index is 12.6. The lowest BCUT2D eigenvalue weighted by Crippen LogP contribution is -2.68. The van der Waals surface area contributed by atoms with E-state index in [1.165, 1.54) is 13.0 Å². The van der Waals surface area contributed by atoms with Crippen molar-refractivity contribution in [3.8, 4) is 0 Å². The van der Waals surface area contributed by atoms with Gasteiger partial charge >= 0.3 is 5.97 Å². The van der Waals surface area contributed by atoms with E-state index in [1.807, 2.05) is 6.92 Å². The number of carbonyl (C=O) groups excluding carboxylic acids is 2. The summed E-state index contributed by atoms with van der Waals surface area (Å²) >= 11 is 3.25. The van der Waals surface area contributed by atoms with E-state index >= 15 is 0 Å². The SMILES string of the molecule is C[C@@H]1C[C@@H]2CC(=O)O[C@@]23C(=O)[C@@](C)(O)C=C(Br)[C@]13O. The zero-order chi connectivity index (χ0) is 14.2. The number of ketones is 1. The Labute approximate surface area is 118 Å². The lowest BCUT2D eigenvalue weighted by atomic mass is 9.67. The van der Waals surface area contributed by atoms with E-state index in [1.54, 1.807) is 0 Å². The predicted octanol–water partition coefficient (Wildman–Crippen LogP) is 0.672. The van der Waals surface area contributed by atoms with Crippen LogP contribution in [-0.2, 0) is 14.3 Å². The lowest BCUT2D eigenvalue weighted by Gasteiger charge is -2.47. The van der Waals surface area contributed by atoms with E-state index in [2.05, 4.69) is 15.9 Å². The first-order chi connectivity index (χ1) is 8.66. The minimum Gasteiger partial charge on any atom is -0.447 e. The van der Waals surface area contributed by atoms with Crippen molar-refractivity contribution in [2.24, 2.45) is 11.8 Å². The fourth-order valence-electron chi connectivity index (χ4n) is 3.87. The zero-order valence-electron chi connectivity index (χ0n) is 10.6. The average Bonchev–Trinajstić information content (AvgIpc) is 2.71. The first kappa shape index (κ1) is 13.3. The van der Waals surface area contributed by atoms with Crippen LogP contribution in [0.2, 0.25) is 0 Å². The highest BCUT2D eigenvalue weighted by Gasteiger charge is 2.77. The van der Waals surface area contributed by atoms with Gasteiger partial charge in [0.1, 0.15) is 11.2 Å². The molecule has 0 aromatic rings. The summed E-state index contributed by atoms with van der Waals surface area (Å²) in [7, 11) is 0. The zero-order valence-corrected chi connectivity index (χ0v) is 12.2. The Kier molecular flexibility index (Phi) is 2.43. The number of carbonyl (C=O) groups is 2. The minimum atomic E-state index is -1.75. The van der Waals surface area contributed by atoms with E-state index in [0.717, 1.165) is 0 Å². The Bertz CT molecular complexity index is 525. The molecule has 0 radical (unpaired) electrons. The topological polar surface area (TPSA) is 83.8 Å². The number of hydrogen-bond donors (Lipinski definition) is 2. The van der Waals surface area contributed by atoms with E-state index in [9.17, 15) is 19.8 Å². The van der Waals surface area contributed by atoms with Crippen molar-refractivity contribution < 1.29 is 24.5 Å². The molecule has 2 N–H and O–H groups in total. The first-order valence-electron chi connectivity index (χ1n) is 6.26. The van der Waals surface area contributed by atoms with Crippen LogP contribution in [0, 0.1) is 11.8 Å². The number of rotatable bonds is 0. The summed E-state index contributed by atoms with van der Waals surface area (Å²) in [5, 5.41) is 21.2. The van der Waals surface area contributed by atoms with Crippen molar-refractivity contribution in [1.82, 2.24) is 0 Å². The highest BCUT2D eigenvalue weighted by Crippen LogP contribution is 2.61. The summed E-state index contributed by atoms with van der Waals surface area (Å²) in [6.45, 7) is 3.16. The van der Waals surface area contributed by atoms with Gasteiger partial charge in [0.25, 0.3) is 0 Å². The molecule has 6 heteroatoms. The fourth-order valence-corrected chi connectivity index (χ4v) is 5.00. The molecule has 0 bridgehead atoms. The predicted molar refractivity (Wildman–Crippen MR) is 68.3 cm³/mol. The average molecular weight is 331 g/mol. The highest BCUT2D eigenvalue weighted by atomic mass is 79.9. The van der Waals surface area contributed by atoms with Crippen molar-refractivity contribution >= 4 is 27.7 Å². The van der Waals surface area contributed by atoms with Crippen LogP contribution >= 0.6 is 15.9 Å². The summed E-state index contributed by atoms with van der Waals surface area (Å²) in [5.41, 5.74) is -4.98. The van der Waals surface area contributed by atoms with E-state index in [0.29, 0.717) is 10.9 Å². The van der Waals surface area contributed by atoms with Crippen molar-refractivity contribution in [1.29, 1.82) is 0 Å². The fraction of sp³-hybridized carbons (Fsp3) is 0.692. The van der Waals surface area contributed by atoms with Gasteiger partial charge in [0.2, 0.25) is 11.4 Å². The third-order valence-electron chi connectivity index (χ3n) is 4.75. The number of esters is 1. The second-order valence-electron chi connectivity index (χ2n) is 5.98. The Morgan fingerprint density at radius 1 is 1.42 bits per heavy atom. The molecule has 1 saturated carbocycles. The first-order valence-corrected chi connectivity index (χ1v) is 7.06. The summed E-state index contributed by atoms with van der Waals surface area (Å²) in [6.07, 6.45) is 1.91. The molecular formula is C13H15BrO5. The maximum Gasteiger partial charge on any atom is 0.307 e. The van der Waals surface area contributed by atoms with Crippen LogP contribution in [0.3, 0.4) is 0 Å². The Morgan fingerprint density at radius 2 is 2.05 bits per heavy atom. The molecule has 0 aromatic heterocycles. The molecule has 1 aliphatic heterocycles. The van der Waals surface area contributed by atoms with Gasteiger partial charge in [-0.15, -0.1) is 0 Å². The normalized spacial score (nSPS) is 52.6. The van der Waals surface area contributed by atoms with Crippen molar-refractivity contribution in [2.45, 2.75) is 43.5 Å². The number of hydrogen-bond acceptors (Lipinski definition) is 5. The standard InChI is InChI=1S/C13H15BrO5/c1-6-3-7-4-9(15)19-13(7)10(16)11(2,17)5-8(14)12(6,13)18/h5-7,17-18H,3-4H2,1-2H3/t6-,7-,11+,12-,13-/m1/s1. The molecule has 1 heterocycles. The van der Waals surface area contributed by atoms with Gasteiger partial charge in [0, 0.05) is 10.4 Å². The third kappa shape index (κ3) is 1.27. The molecule has 0 amide bonds. The smallest absolute Gasteiger partial charge is 0.307 e. The van der Waals surface area contributed by atoms with Gasteiger partial charge in [0.15, 0.2) is 0 Å². The second kappa shape index (κ2) is 3.48. The van der Waals surface area contributed by atoms with Crippen LogP contribution in [0.5, 0.6) is 0 Å². The molecule has 19 heavy (non-hydrogen) atoms. The van der Waals surface area contributed by atoms with Crippen molar-refractivity contribution in [3.05, 3.63) is 10.6 Å². The van der Waals surface area contributed by atoms with Crippen LogP contribution < -0.4 is 0 Å². The number of aliphatic hydroxyl groups is 2. The third-order valence-corrected chi connectivity index (χ3v) is 5.58. The Balaban J connectivity index is 2.29. The molecular weight excluding hydrogens is 316 g/mol. The molecule has 0 unspecified atom stereocenters. The molecule has 3 aliphatic rings. The van der Waals surface area contributed by atoms with Gasteiger partial charge in [0.05, 0.1) is 6.42 Å². The van der Waals surface area contributed by atoms with Crippen LogP contribution in [0.15, 0.2) is 10.6 Å². The van der Waals surface area contributed by atoms with Gasteiger partial charge in [-0.05, 0) is 25.3 Å². The van der Waals surface area contributed by atoms with E-state index in [-0.39, 0.29) is 18.3 Å². The van der Waals surface area contributed by atoms with Gasteiger partial charge in [-0.1, -0.05) is 22.9 Å². The van der Waals surface area contributed by atoms with Crippen LogP contribution in [0.25, 0.3) is 0 Å². The molecule has 2 aliphatic carbocycles. The summed E-state index contributed by atoms with van der Waals surface area (Å²) in [4.78, 5) is 24.2. The lowest BCUT2D eigenvalue weighted by molar-refractivity contribution is -0.192. The monoisotopic (exact) mass is 330 g/mol. The van der Waals surface area contributed by atoms with Gasteiger partial charge in [-0.3, -0.25) is 9.59 Å². The molecule has 0 aromatic carbocycles. The van der Waals surface area contributed by atoms with Crippen LogP contribution in [0.1, 0.15) is 26.7 Å². The molecule has 104 valence electrons. The number of ether oxygens (including phenoxy) is 1. The van der Waals surface area contributed by atoms with Crippen LogP contribution in [-0.4, -0.2) is 38.8 Å². The molecule has 5 nitrogen and oxygen atoms in total. The van der Waals surface area contributed by atoms with Gasteiger partial charge in [-0.2, -0.15) is 0 Å². The van der Waals surface area contributed by atoms with Gasteiger partial charge < -0.3 is 14.9 Å². The quantitative estimate of drug-likeness (QED) is 0.638. The van der Waals surface area contributed by atoms with Gasteiger partial charge in [-0.25, -0.2) is 0 Å². The molecule has 1 saturated heterocycles. The Hall–Kier alpha value is -0.720. The van der Waals surface area contributed by atoms with Crippen molar-refractivity contribution in [2.75, 3.05) is 0 Å². The largest absolute Gasteiger partial charge is 0.447 e. The number of Topliss-reactive ketones (excluding diaryl/α,β-unsaturated/α-hetero) is 1. The molecule has 2 fully saturated rings. The van der Waals surface area contributed by atoms with E-state index in [4.69, 9.17) is 4.74 Å². The van der Waals surface area contributed by atoms with Crippen LogP contribution in [0.4, 0.5) is 0 Å². The molecule has 5 atom stereocenters. The highest BCUT2D eigenvalue weighted by molar-refractivity contribution is 9.11. The Morgan fingerprint density at radius 3 is 2.68 bits per heavy atom. The van der Waals surface area contributed by atoms with Crippen molar-refractivity contribution in [3.63, 3.8) is 0 Å². The number of halogens is 1. The molecule has 1 spiro atoms. The summed E-state index contributed by atoms with van der Waals surface area (Å²) in [5.74, 6) is -1.76. The molecule has 3 rings (SSSR count). The summed E-state index contributed by atoms with van der Waals surface area (Å²) in [6, 6.07) is 0. The second-order valence-corrected chi connectivity index (χ2v) is 6.84. The maximum atomic E-state index is 12.6.